The maximum Gasteiger partial charge on any atom is 0.410 e. The Morgan fingerprint density at radius 2 is 1.37 bits per heavy atom. The number of carbonyl (C=O) groups is 3. The molecule has 0 N–H and O–H groups in total. The van der Waals surface area contributed by atoms with Gasteiger partial charge in [0.1, 0.15) is 0 Å². The number of rotatable bonds is 9. The molecule has 0 bridgehead atoms. The second-order valence-corrected chi connectivity index (χ2v) is 4.68. The highest BCUT2D eigenvalue weighted by atomic mass is 16.6. The molecule has 5 heteroatoms. The molecule has 0 aromatic heterocycles. The van der Waals surface area contributed by atoms with Gasteiger partial charge < -0.3 is 9.64 Å². The van der Waals surface area contributed by atoms with Crippen LogP contribution in [0.4, 0.5) is 4.79 Å². The van der Waals surface area contributed by atoms with Crippen LogP contribution in [0.3, 0.4) is 0 Å². The molecule has 0 saturated carbocycles. The van der Waals surface area contributed by atoms with E-state index in [-0.39, 0.29) is 0 Å². The number of hydrogen-bond donors (Lipinski definition) is 0. The van der Waals surface area contributed by atoms with Crippen LogP contribution in [0.5, 0.6) is 0 Å². The summed E-state index contributed by atoms with van der Waals surface area (Å²) in [5.41, 5.74) is 0. The first-order valence-corrected chi connectivity index (χ1v) is 6.90. The molecule has 0 aromatic rings. The highest BCUT2D eigenvalue weighted by Gasteiger charge is 2.26. The number of Topliss-reactive ketones (excluding diaryl/α,β-unsaturated/α-hetero) is 2. The highest BCUT2D eigenvalue weighted by molar-refractivity contribution is 6.04. The van der Waals surface area contributed by atoms with Gasteiger partial charge >= 0.3 is 6.09 Å². The predicted octanol–water partition coefficient (Wildman–Crippen LogP) is 2.57. The smallest absolute Gasteiger partial charge is 0.410 e. The summed E-state index contributed by atoms with van der Waals surface area (Å²) in [7, 11) is 0. The Labute approximate surface area is 115 Å². The Kier molecular flexibility index (Phi) is 8.83. The predicted molar refractivity (Wildman–Crippen MR) is 73.0 cm³/mol. The Bertz CT molecular complexity index is 293. The zero-order valence-electron chi connectivity index (χ0n) is 12.4. The molecule has 19 heavy (non-hydrogen) atoms. The van der Waals surface area contributed by atoms with Gasteiger partial charge in [-0.2, -0.15) is 0 Å². The number of hydrogen-bond acceptors (Lipinski definition) is 4. The highest BCUT2D eigenvalue weighted by Crippen LogP contribution is 2.06. The first-order valence-electron chi connectivity index (χ1n) is 6.90. The summed E-state index contributed by atoms with van der Waals surface area (Å²) in [6, 6.07) is 0. The summed E-state index contributed by atoms with van der Waals surface area (Å²) < 4.78 is 5.02. The van der Waals surface area contributed by atoms with Gasteiger partial charge in [0, 0.05) is 13.1 Å². The third kappa shape index (κ3) is 6.94. The van der Waals surface area contributed by atoms with Crippen LogP contribution in [-0.4, -0.2) is 41.8 Å². The molecule has 0 aliphatic carbocycles. The third-order valence-electron chi connectivity index (χ3n) is 2.78. The number of ether oxygens (including phenoxy) is 1. The van der Waals surface area contributed by atoms with Crippen LogP contribution in [0, 0.1) is 0 Å². The van der Waals surface area contributed by atoms with Crippen molar-refractivity contribution in [2.75, 3.05) is 13.1 Å². The minimum absolute atomic E-state index is 0.438. The largest absolute Gasteiger partial charge is 0.430 e. The molecule has 0 aliphatic heterocycles. The van der Waals surface area contributed by atoms with Gasteiger partial charge in [-0.3, -0.25) is 9.59 Å². The summed E-state index contributed by atoms with van der Waals surface area (Å²) in [4.78, 5) is 36.1. The van der Waals surface area contributed by atoms with E-state index in [1.165, 1.54) is 13.8 Å². The van der Waals surface area contributed by atoms with Gasteiger partial charge in [0.2, 0.25) is 6.10 Å². The molecule has 0 radical (unpaired) electrons. The van der Waals surface area contributed by atoms with Gasteiger partial charge in [0.05, 0.1) is 0 Å². The maximum atomic E-state index is 12.0. The second kappa shape index (κ2) is 9.53. The second-order valence-electron chi connectivity index (χ2n) is 4.68. The maximum absolute atomic E-state index is 12.0. The molecule has 0 spiro atoms. The molecule has 5 nitrogen and oxygen atoms in total. The quantitative estimate of drug-likeness (QED) is 0.605. The van der Waals surface area contributed by atoms with Gasteiger partial charge in [0.15, 0.2) is 11.6 Å². The van der Waals surface area contributed by atoms with Crippen LogP contribution < -0.4 is 0 Å². The van der Waals surface area contributed by atoms with E-state index in [9.17, 15) is 14.4 Å². The van der Waals surface area contributed by atoms with E-state index in [1.807, 2.05) is 13.8 Å². The molecule has 0 aromatic carbocycles. The lowest BCUT2D eigenvalue weighted by molar-refractivity contribution is -0.136. The van der Waals surface area contributed by atoms with Crippen molar-refractivity contribution in [1.29, 1.82) is 0 Å². The number of unbranched alkanes of at least 4 members (excludes halogenated alkanes) is 2. The van der Waals surface area contributed by atoms with E-state index in [0.29, 0.717) is 13.1 Å². The van der Waals surface area contributed by atoms with Gasteiger partial charge in [-0.25, -0.2) is 4.79 Å². The van der Waals surface area contributed by atoms with E-state index >= 15 is 0 Å². The molecular formula is C14H25NO4. The van der Waals surface area contributed by atoms with Gasteiger partial charge in [-0.1, -0.05) is 26.7 Å². The van der Waals surface area contributed by atoms with E-state index < -0.39 is 23.8 Å². The normalized spacial score (nSPS) is 10.4. The fourth-order valence-corrected chi connectivity index (χ4v) is 1.62. The van der Waals surface area contributed by atoms with Crippen LogP contribution in [0.25, 0.3) is 0 Å². The Hall–Kier alpha value is -1.39. The SMILES string of the molecule is CCCCN(CCCC)C(=O)OC(C(C)=O)C(C)=O. The molecule has 0 atom stereocenters. The standard InChI is InChI=1S/C14H25NO4/c1-5-7-9-15(10-8-6-2)14(18)19-13(11(3)16)12(4)17/h13H,5-10H2,1-4H3. The summed E-state index contributed by atoms with van der Waals surface area (Å²) in [6.45, 7) is 7.77. The Balaban J connectivity index is 4.58. The van der Waals surface area contributed by atoms with Crippen LogP contribution in [0.2, 0.25) is 0 Å². The Morgan fingerprint density at radius 1 is 0.947 bits per heavy atom. The fraction of sp³-hybridized carbons (Fsp3) is 0.786. The summed E-state index contributed by atoms with van der Waals surface area (Å²) in [5, 5.41) is 0. The molecule has 0 unspecified atom stereocenters. The van der Waals surface area contributed by atoms with Crippen molar-refractivity contribution >= 4 is 17.7 Å². The van der Waals surface area contributed by atoms with Crippen molar-refractivity contribution in [1.82, 2.24) is 4.90 Å². The summed E-state index contributed by atoms with van der Waals surface area (Å²) >= 11 is 0. The minimum atomic E-state index is -1.27. The van der Waals surface area contributed by atoms with Gasteiger partial charge in [0.25, 0.3) is 0 Å². The average molecular weight is 271 g/mol. The topological polar surface area (TPSA) is 63.7 Å². The van der Waals surface area contributed by atoms with Crippen molar-refractivity contribution in [2.45, 2.75) is 59.5 Å². The molecule has 0 fully saturated rings. The lowest BCUT2D eigenvalue weighted by atomic mass is 10.2. The van der Waals surface area contributed by atoms with Crippen LogP contribution in [0.1, 0.15) is 53.4 Å². The molecular weight excluding hydrogens is 246 g/mol. The molecule has 0 heterocycles. The van der Waals surface area contributed by atoms with Gasteiger partial charge in [-0.15, -0.1) is 0 Å². The van der Waals surface area contributed by atoms with Crippen LogP contribution in [0.15, 0.2) is 0 Å². The van der Waals surface area contributed by atoms with E-state index in [1.54, 1.807) is 4.90 Å². The number of ketones is 2. The molecule has 0 aliphatic rings. The van der Waals surface area contributed by atoms with Crippen molar-refractivity contribution < 1.29 is 19.1 Å². The lowest BCUT2D eigenvalue weighted by Crippen LogP contribution is -2.40. The number of amides is 1. The lowest BCUT2D eigenvalue weighted by Gasteiger charge is -2.23. The Morgan fingerprint density at radius 3 is 1.68 bits per heavy atom. The first-order chi connectivity index (χ1) is 8.93. The van der Waals surface area contributed by atoms with Crippen molar-refractivity contribution in [2.24, 2.45) is 0 Å². The van der Waals surface area contributed by atoms with E-state index in [2.05, 4.69) is 0 Å². The summed E-state index contributed by atoms with van der Waals surface area (Å²) in [6.07, 6.45) is 1.86. The molecule has 0 rings (SSSR count). The number of nitrogens with zero attached hydrogens (tertiary/aromatic N) is 1. The van der Waals surface area contributed by atoms with Gasteiger partial charge in [-0.05, 0) is 26.7 Å². The zero-order chi connectivity index (χ0) is 14.8. The van der Waals surface area contributed by atoms with Crippen molar-refractivity contribution in [3.05, 3.63) is 0 Å². The minimum Gasteiger partial charge on any atom is -0.430 e. The third-order valence-corrected chi connectivity index (χ3v) is 2.78. The molecule has 110 valence electrons. The molecule has 1 amide bonds. The molecule has 0 saturated heterocycles. The van der Waals surface area contributed by atoms with Crippen molar-refractivity contribution in [3.8, 4) is 0 Å². The van der Waals surface area contributed by atoms with Crippen molar-refractivity contribution in [3.63, 3.8) is 0 Å². The van der Waals surface area contributed by atoms with E-state index in [4.69, 9.17) is 4.74 Å². The number of carbonyl (C=O) groups excluding carboxylic acids is 3. The first kappa shape index (κ1) is 17.6. The van der Waals surface area contributed by atoms with Crippen LogP contribution in [-0.2, 0) is 14.3 Å². The van der Waals surface area contributed by atoms with Crippen LogP contribution >= 0.6 is 0 Å². The zero-order valence-corrected chi connectivity index (χ0v) is 12.4. The fourth-order valence-electron chi connectivity index (χ4n) is 1.62. The monoisotopic (exact) mass is 271 g/mol. The summed E-state index contributed by atoms with van der Waals surface area (Å²) in [5.74, 6) is -0.876. The average Bonchev–Trinajstić information content (AvgIpc) is 2.35. The van der Waals surface area contributed by atoms with E-state index in [0.717, 1.165) is 25.7 Å².